The van der Waals surface area contributed by atoms with Crippen LogP contribution in [0.3, 0.4) is 0 Å². The molecule has 0 amide bonds. The molecule has 1 nitrogen and oxygen atoms in total. The molecule has 0 radical (unpaired) electrons. The number of anilines is 3. The lowest BCUT2D eigenvalue weighted by Crippen LogP contribution is -2.10. The lowest BCUT2D eigenvalue weighted by atomic mass is 9.94. The van der Waals surface area contributed by atoms with E-state index in [2.05, 4.69) is 205 Å². The minimum Gasteiger partial charge on any atom is -0.310 e. The molecule has 0 bridgehead atoms. The molecule has 11 aromatic rings. The van der Waals surface area contributed by atoms with E-state index >= 15 is 0 Å². The highest BCUT2D eigenvalue weighted by atomic mass is 32.1. The Labute approximate surface area is 317 Å². The van der Waals surface area contributed by atoms with Crippen molar-refractivity contribution in [3.8, 4) is 22.3 Å². The Morgan fingerprint density at radius 2 is 0.926 bits per heavy atom. The van der Waals surface area contributed by atoms with E-state index in [1.807, 2.05) is 11.3 Å². The average Bonchev–Trinajstić information content (AvgIpc) is 3.60. The van der Waals surface area contributed by atoms with Crippen LogP contribution in [0, 0.1) is 0 Å². The van der Waals surface area contributed by atoms with Crippen molar-refractivity contribution >= 4 is 91.7 Å². The molecule has 0 aliphatic heterocycles. The lowest BCUT2D eigenvalue weighted by Gasteiger charge is -2.27. The molecule has 252 valence electrons. The molecule has 11 rings (SSSR count). The summed E-state index contributed by atoms with van der Waals surface area (Å²) in [7, 11) is 0. The van der Waals surface area contributed by atoms with Gasteiger partial charge in [-0.25, -0.2) is 0 Å². The summed E-state index contributed by atoms with van der Waals surface area (Å²) < 4.78 is 2.64. The third-order valence-electron chi connectivity index (χ3n) is 11.0. The number of fused-ring (bicyclic) bond motifs is 9. The second-order valence-corrected chi connectivity index (χ2v) is 15.2. The zero-order valence-corrected chi connectivity index (χ0v) is 30.2. The van der Waals surface area contributed by atoms with Crippen LogP contribution in [-0.4, -0.2) is 0 Å². The monoisotopic (exact) mass is 703 g/mol. The van der Waals surface area contributed by atoms with Gasteiger partial charge in [-0.05, 0) is 115 Å². The van der Waals surface area contributed by atoms with Gasteiger partial charge in [-0.3, -0.25) is 0 Å². The molecule has 1 heterocycles. The summed E-state index contributed by atoms with van der Waals surface area (Å²) in [6, 6.07) is 73.6. The zero-order chi connectivity index (χ0) is 35.6. The molecule has 0 spiro atoms. The number of nitrogens with zero attached hydrogens (tertiary/aromatic N) is 1. The summed E-state index contributed by atoms with van der Waals surface area (Å²) in [6.45, 7) is 0. The van der Waals surface area contributed by atoms with E-state index < -0.39 is 0 Å². The van der Waals surface area contributed by atoms with Gasteiger partial charge >= 0.3 is 0 Å². The normalized spacial score (nSPS) is 11.7. The Kier molecular flexibility index (Phi) is 7.11. The molecule has 2 heteroatoms. The van der Waals surface area contributed by atoms with Crippen molar-refractivity contribution in [3.05, 3.63) is 200 Å². The van der Waals surface area contributed by atoms with Gasteiger partial charge in [0, 0.05) is 36.9 Å². The highest BCUT2D eigenvalue weighted by Crippen LogP contribution is 2.44. The van der Waals surface area contributed by atoms with Crippen molar-refractivity contribution in [2.45, 2.75) is 0 Å². The molecule has 0 aliphatic rings. The van der Waals surface area contributed by atoms with Crippen LogP contribution in [0.4, 0.5) is 17.1 Å². The highest BCUT2D eigenvalue weighted by Gasteiger charge is 2.18. The quantitative estimate of drug-likeness (QED) is 0.161. The summed E-state index contributed by atoms with van der Waals surface area (Å²) in [4.78, 5) is 2.43. The first-order valence-electron chi connectivity index (χ1n) is 18.5. The van der Waals surface area contributed by atoms with E-state index in [1.54, 1.807) is 0 Å². The number of hydrogen-bond donors (Lipinski definition) is 0. The Bertz CT molecular complexity index is 3210. The summed E-state index contributed by atoms with van der Waals surface area (Å²) in [5, 5.41) is 12.8. The topological polar surface area (TPSA) is 3.24 Å². The Morgan fingerprint density at radius 3 is 1.81 bits per heavy atom. The molecule has 0 saturated carbocycles. The molecule has 1 aromatic heterocycles. The van der Waals surface area contributed by atoms with Crippen LogP contribution < -0.4 is 4.90 Å². The van der Waals surface area contributed by atoms with Crippen LogP contribution in [0.5, 0.6) is 0 Å². The van der Waals surface area contributed by atoms with E-state index in [4.69, 9.17) is 0 Å². The van der Waals surface area contributed by atoms with Crippen molar-refractivity contribution in [1.29, 1.82) is 0 Å². The summed E-state index contributed by atoms with van der Waals surface area (Å²) >= 11 is 1.87. The molecule has 54 heavy (non-hydrogen) atoms. The Balaban J connectivity index is 1.06. The Hall–Kier alpha value is -6.74. The summed E-state index contributed by atoms with van der Waals surface area (Å²) in [6.07, 6.45) is 0. The van der Waals surface area contributed by atoms with Gasteiger partial charge in [0.25, 0.3) is 0 Å². The van der Waals surface area contributed by atoms with Gasteiger partial charge in [0.2, 0.25) is 0 Å². The van der Waals surface area contributed by atoms with E-state index in [0.29, 0.717) is 0 Å². The zero-order valence-electron chi connectivity index (χ0n) is 29.4. The fraction of sp³-hybridized carbons (Fsp3) is 0. The van der Waals surface area contributed by atoms with Gasteiger partial charge in [0.15, 0.2) is 0 Å². The van der Waals surface area contributed by atoms with Gasteiger partial charge in [-0.1, -0.05) is 146 Å². The van der Waals surface area contributed by atoms with Gasteiger partial charge in [0.1, 0.15) is 0 Å². The van der Waals surface area contributed by atoms with E-state index in [-0.39, 0.29) is 0 Å². The second-order valence-electron chi connectivity index (χ2n) is 14.1. The van der Waals surface area contributed by atoms with Gasteiger partial charge < -0.3 is 4.90 Å². The molecule has 0 atom stereocenters. The van der Waals surface area contributed by atoms with Crippen LogP contribution >= 0.6 is 11.3 Å². The maximum absolute atomic E-state index is 2.43. The first-order valence-corrected chi connectivity index (χ1v) is 19.3. The maximum atomic E-state index is 2.43. The van der Waals surface area contributed by atoms with Crippen molar-refractivity contribution in [2.75, 3.05) is 4.90 Å². The van der Waals surface area contributed by atoms with Crippen molar-refractivity contribution in [2.24, 2.45) is 0 Å². The van der Waals surface area contributed by atoms with E-state index in [9.17, 15) is 0 Å². The maximum Gasteiger partial charge on any atom is 0.0540 e. The molecular formula is C52H33NS. The van der Waals surface area contributed by atoms with Crippen LogP contribution in [0.2, 0.25) is 0 Å². The van der Waals surface area contributed by atoms with Crippen molar-refractivity contribution in [1.82, 2.24) is 0 Å². The Morgan fingerprint density at radius 1 is 0.296 bits per heavy atom. The molecule has 0 aliphatic carbocycles. The van der Waals surface area contributed by atoms with Crippen LogP contribution in [0.25, 0.3) is 85.5 Å². The predicted octanol–water partition coefficient (Wildman–Crippen LogP) is 15.5. The van der Waals surface area contributed by atoms with Crippen LogP contribution in [-0.2, 0) is 0 Å². The number of benzene rings is 10. The lowest BCUT2D eigenvalue weighted by molar-refractivity contribution is 1.30. The molecule has 0 fully saturated rings. The molecule has 0 saturated heterocycles. The first kappa shape index (κ1) is 30.8. The van der Waals surface area contributed by atoms with Gasteiger partial charge in [-0.2, -0.15) is 0 Å². The minimum absolute atomic E-state index is 1.12. The molecular weight excluding hydrogens is 671 g/mol. The van der Waals surface area contributed by atoms with E-state index in [0.717, 1.165) is 17.1 Å². The third-order valence-corrected chi connectivity index (χ3v) is 12.1. The summed E-state index contributed by atoms with van der Waals surface area (Å²) in [5.41, 5.74) is 8.20. The molecule has 0 unspecified atom stereocenters. The van der Waals surface area contributed by atoms with Crippen molar-refractivity contribution < 1.29 is 0 Å². The van der Waals surface area contributed by atoms with Crippen LogP contribution in [0.15, 0.2) is 200 Å². The number of thiophene rings is 1. The average molecular weight is 704 g/mol. The molecule has 10 aromatic carbocycles. The molecule has 0 N–H and O–H groups in total. The van der Waals surface area contributed by atoms with Gasteiger partial charge in [0.05, 0.1) is 5.69 Å². The number of rotatable bonds is 5. The standard InChI is InChI=1S/C52H33NS/c1-2-10-34(11-3-1)38-13-8-15-43(31-38)53(49-18-9-14-40-32-51-48(33-47(40)49)46-17-6-7-19-50(46)54-51)42-27-24-35(25-28-42)39-26-29-45-41(30-39)23-22-37-21-20-36-12-4-5-16-44(36)52(37)45/h1-33H. The first-order chi connectivity index (χ1) is 26.7. The fourth-order valence-electron chi connectivity index (χ4n) is 8.38. The van der Waals surface area contributed by atoms with Crippen molar-refractivity contribution in [3.63, 3.8) is 0 Å². The fourth-order valence-corrected chi connectivity index (χ4v) is 9.51. The van der Waals surface area contributed by atoms with E-state index in [1.165, 1.54) is 85.5 Å². The van der Waals surface area contributed by atoms with Crippen LogP contribution in [0.1, 0.15) is 0 Å². The minimum atomic E-state index is 1.12. The van der Waals surface area contributed by atoms with Gasteiger partial charge in [-0.15, -0.1) is 11.3 Å². The SMILES string of the molecule is c1ccc(-c2cccc(N(c3ccc(-c4ccc5c(ccc6ccc7ccccc7c65)c4)cc3)c3cccc4cc5sc6ccccc6c5cc34)c2)cc1. The second kappa shape index (κ2) is 12.4. The predicted molar refractivity (Wildman–Crippen MR) is 235 cm³/mol. The highest BCUT2D eigenvalue weighted by molar-refractivity contribution is 7.25. The third kappa shape index (κ3) is 5.07. The largest absolute Gasteiger partial charge is 0.310 e. The smallest absolute Gasteiger partial charge is 0.0540 e. The number of hydrogen-bond acceptors (Lipinski definition) is 2. The summed E-state index contributed by atoms with van der Waals surface area (Å²) in [5.74, 6) is 0.